The summed E-state index contributed by atoms with van der Waals surface area (Å²) in [6.07, 6.45) is 7.92. The van der Waals surface area contributed by atoms with Gasteiger partial charge in [0.2, 0.25) is 0 Å². The van der Waals surface area contributed by atoms with E-state index in [0.29, 0.717) is 44.9 Å². The molecule has 8 rings (SSSR count). The van der Waals surface area contributed by atoms with Gasteiger partial charge in [-0.25, -0.2) is 0 Å². The molecular formula is C43H54Ag2O14. The number of cyclic esters (lactones) is 2. The number of fused-ring (bicyclic) bond motifs is 6. The van der Waals surface area contributed by atoms with Gasteiger partial charge in [-0.05, 0) is 85.2 Å². The third kappa shape index (κ3) is 7.78. The van der Waals surface area contributed by atoms with E-state index in [1.807, 2.05) is 34.6 Å². The van der Waals surface area contributed by atoms with E-state index >= 15 is 0 Å². The van der Waals surface area contributed by atoms with Gasteiger partial charge in [0.25, 0.3) is 0 Å². The second-order valence-electron chi connectivity index (χ2n) is 18.3. The van der Waals surface area contributed by atoms with Crippen molar-refractivity contribution in [2.75, 3.05) is 14.2 Å². The second-order valence-corrected chi connectivity index (χ2v) is 18.3. The molecule has 1 N–H and O–H groups in total. The van der Waals surface area contributed by atoms with Crippen molar-refractivity contribution in [3.63, 3.8) is 0 Å². The topological polar surface area (TPSA) is 203 Å². The first-order valence-electron chi connectivity index (χ1n) is 19.9. The number of furan rings is 2. The van der Waals surface area contributed by atoms with Gasteiger partial charge in [-0.3, -0.25) is 28.8 Å². The van der Waals surface area contributed by atoms with Crippen LogP contribution >= 0.6 is 0 Å². The van der Waals surface area contributed by atoms with E-state index in [1.165, 1.54) is 20.5 Å². The van der Waals surface area contributed by atoms with E-state index in [1.54, 1.807) is 52.0 Å². The van der Waals surface area contributed by atoms with Crippen LogP contribution in [0.1, 0.15) is 109 Å². The number of aliphatic hydroxyl groups excluding tert-OH is 1. The summed E-state index contributed by atoms with van der Waals surface area (Å²) in [5.74, 6) is -4.30. The molecule has 2 aliphatic heterocycles. The number of hydrogen-bond acceptors (Lipinski definition) is 14. The molecule has 4 heterocycles. The maximum atomic E-state index is 13.5. The van der Waals surface area contributed by atoms with Crippen molar-refractivity contribution in [1.82, 2.24) is 0 Å². The molecule has 4 aliphatic carbocycles. The molecule has 332 valence electrons. The fourth-order valence-electron chi connectivity index (χ4n) is 12.6. The number of carbonyl (C=O) groups excluding carboxylic acids is 6. The normalized spacial score (nSPS) is 40.8. The molecule has 1 radical (unpaired) electrons. The van der Waals surface area contributed by atoms with E-state index in [0.717, 1.165) is 11.1 Å². The number of aliphatic hydroxyl groups is 1. The van der Waals surface area contributed by atoms with Gasteiger partial charge in [0.15, 0.2) is 5.78 Å². The zero-order valence-electron chi connectivity index (χ0n) is 34.3. The monoisotopic (exact) mass is 1010 g/mol. The van der Waals surface area contributed by atoms with Crippen molar-refractivity contribution in [1.29, 1.82) is 0 Å². The van der Waals surface area contributed by atoms with Crippen LogP contribution in [0.15, 0.2) is 46.0 Å². The minimum atomic E-state index is -1.23. The zero-order chi connectivity index (χ0) is 42.5. The summed E-state index contributed by atoms with van der Waals surface area (Å²) in [5, 5.41) is 10.5. The first-order chi connectivity index (χ1) is 27.4. The van der Waals surface area contributed by atoms with Gasteiger partial charge in [-0.15, -0.1) is 0 Å². The minimum absolute atomic E-state index is 0. The van der Waals surface area contributed by atoms with Crippen LogP contribution in [0.25, 0.3) is 0 Å². The first-order valence-corrected chi connectivity index (χ1v) is 20.5. The van der Waals surface area contributed by atoms with Crippen LogP contribution in [0.4, 0.5) is 0 Å². The van der Waals surface area contributed by atoms with Crippen molar-refractivity contribution >= 4 is 35.4 Å². The predicted molar refractivity (Wildman–Crippen MR) is 195 cm³/mol. The van der Waals surface area contributed by atoms with Gasteiger partial charge in [0.05, 0.1) is 62.9 Å². The van der Waals surface area contributed by atoms with E-state index < -0.39 is 63.7 Å². The summed E-state index contributed by atoms with van der Waals surface area (Å²) >= 11 is 1.70. The first kappa shape index (κ1) is 47.1. The third-order valence-corrected chi connectivity index (χ3v) is 15.3. The number of carbonyl (C=O) groups is 6. The fraction of sp³-hybridized carbons (Fsp3) is 0.674. The maximum absolute atomic E-state index is 13.5. The van der Waals surface area contributed by atoms with E-state index in [-0.39, 0.29) is 81.9 Å². The van der Waals surface area contributed by atoms with Gasteiger partial charge in [0.1, 0.15) is 24.1 Å². The molecule has 4 saturated carbocycles. The molecule has 59 heavy (non-hydrogen) atoms. The number of ether oxygens (including phenoxy) is 4. The summed E-state index contributed by atoms with van der Waals surface area (Å²) in [4.78, 5) is 77.6. The molecule has 0 spiro atoms. The van der Waals surface area contributed by atoms with Gasteiger partial charge in [-0.2, -0.15) is 0 Å². The quantitative estimate of drug-likeness (QED) is 0.212. The molecule has 0 amide bonds. The van der Waals surface area contributed by atoms with Crippen LogP contribution in [-0.4, -0.2) is 60.9 Å². The van der Waals surface area contributed by atoms with Crippen LogP contribution in [0.3, 0.4) is 0 Å². The number of methoxy groups -OCH3 is 2. The van der Waals surface area contributed by atoms with Crippen LogP contribution in [-0.2, 0) is 94.4 Å². The fourth-order valence-corrected chi connectivity index (χ4v) is 12.6. The van der Waals surface area contributed by atoms with Crippen molar-refractivity contribution in [2.45, 2.75) is 104 Å². The summed E-state index contributed by atoms with van der Waals surface area (Å²) in [6, 6.07) is 3.55. The Morgan fingerprint density at radius 2 is 1.10 bits per heavy atom. The standard InChI is InChI=1S/C22H28O6.C21H26O7.2Ag.O/c1-12-9-15(19(24)26-4)21(2)7-5-14-20(25)28-16(13-6-8-27-11-13)10-22(14,3)18(21)17(12)23;1-20-6-4-12-19(25)28-15(11-5-7-27-10-11)9-21(12,2)17(20)16(23)14(22)8-13(20)18(24)26-3;;;/h6,8,11-12,14-16,18H,5,7,9-10H2,1-4H3;5,7,10,12-15,17,22H,4,6,8-9H2,1-3H3;;;/t12?,14?,15-,16+,18-,21-,22-;12?,13-,14?,15+,17-,20-,21-;;;/m00.../s1. The van der Waals surface area contributed by atoms with Crippen LogP contribution in [0.2, 0.25) is 0 Å². The van der Waals surface area contributed by atoms with Crippen molar-refractivity contribution in [3.05, 3.63) is 48.3 Å². The SMILES string of the molecule is COC(=O)[C@@H]1CC(C)C(=O)[C@H]2[C@@]1(C)CCC1C(=O)O[C@@H](c3ccoc3)C[C@@]12C.COC(=O)[C@@H]1CC(O)C(=O)[C@H]2[C@@]1(C)CCC1C(=O)O[C@@H](c3ccoc3)C[C@@]12C.[Ag].[O]=[Ag]. The third-order valence-electron chi connectivity index (χ3n) is 15.3. The molecule has 6 aliphatic rings. The number of ketones is 2. The van der Waals surface area contributed by atoms with Gasteiger partial charge >= 0.3 is 48.2 Å². The molecule has 2 aromatic rings. The Hall–Kier alpha value is -2.98. The Kier molecular flexibility index (Phi) is 14.2. The average molecular weight is 1010 g/mol. The Balaban J connectivity index is 0.000000212. The summed E-state index contributed by atoms with van der Waals surface area (Å²) < 4.78 is 39.9. The molecule has 6 fully saturated rings. The molecule has 2 aromatic heterocycles. The summed E-state index contributed by atoms with van der Waals surface area (Å²) in [5.41, 5.74) is -0.930. The molecule has 14 atom stereocenters. The number of hydrogen-bond donors (Lipinski definition) is 1. The Morgan fingerprint density at radius 3 is 1.49 bits per heavy atom. The molecule has 0 aromatic carbocycles. The van der Waals surface area contributed by atoms with E-state index in [2.05, 4.69) is 0 Å². The second kappa shape index (κ2) is 17.8. The molecular weight excluding hydrogens is 956 g/mol. The number of Topliss-reactive ketones (excluding diaryl/α,β-unsaturated/α-hetero) is 2. The van der Waals surface area contributed by atoms with Gasteiger partial charge in [0, 0.05) is 51.3 Å². The molecule has 4 unspecified atom stereocenters. The number of rotatable bonds is 4. The summed E-state index contributed by atoms with van der Waals surface area (Å²) in [6.45, 7) is 9.82. The average Bonchev–Trinajstić information content (AvgIpc) is 3.93. The molecule has 2 saturated heterocycles. The van der Waals surface area contributed by atoms with Gasteiger partial charge < -0.3 is 32.9 Å². The van der Waals surface area contributed by atoms with Crippen molar-refractivity contribution < 1.29 is 108 Å². The van der Waals surface area contributed by atoms with Crippen LogP contribution < -0.4 is 0 Å². The Morgan fingerprint density at radius 1 is 0.695 bits per heavy atom. The van der Waals surface area contributed by atoms with Crippen molar-refractivity contribution in [3.8, 4) is 0 Å². The van der Waals surface area contributed by atoms with E-state index in [4.69, 9.17) is 31.0 Å². The van der Waals surface area contributed by atoms with Crippen molar-refractivity contribution in [2.24, 2.45) is 63.1 Å². The van der Waals surface area contributed by atoms with Gasteiger partial charge in [-0.1, -0.05) is 34.6 Å². The molecule has 16 heteroatoms. The van der Waals surface area contributed by atoms with E-state index in [9.17, 15) is 33.9 Å². The Labute approximate surface area is 371 Å². The molecule has 0 bridgehead atoms. The Bertz CT molecular complexity index is 1760. The predicted octanol–water partition coefficient (Wildman–Crippen LogP) is 6.01. The van der Waals surface area contributed by atoms with Crippen LogP contribution in [0, 0.1) is 63.1 Å². The number of esters is 4. The zero-order valence-corrected chi connectivity index (χ0v) is 37.2. The van der Waals surface area contributed by atoms with Crippen LogP contribution in [0.5, 0.6) is 0 Å². The molecule has 14 nitrogen and oxygen atoms in total. The summed E-state index contributed by atoms with van der Waals surface area (Å²) in [7, 11) is 2.73.